The monoisotopic (exact) mass is 348 g/mol. The molecule has 0 aromatic heterocycles. The van der Waals surface area contributed by atoms with E-state index in [0.29, 0.717) is 12.5 Å². The highest BCUT2D eigenvalue weighted by Crippen LogP contribution is 2.13. The van der Waals surface area contributed by atoms with Crippen LogP contribution in [0.1, 0.15) is 24.8 Å². The van der Waals surface area contributed by atoms with Gasteiger partial charge in [0.25, 0.3) is 0 Å². The zero-order chi connectivity index (χ0) is 14.2. The summed E-state index contributed by atoms with van der Waals surface area (Å²) in [7, 11) is 1.43. The van der Waals surface area contributed by atoms with Crippen molar-refractivity contribution < 1.29 is 9.53 Å². The van der Waals surface area contributed by atoms with Crippen LogP contribution in [0.15, 0.2) is 30.3 Å². The second-order valence-electron chi connectivity index (χ2n) is 5.32. The van der Waals surface area contributed by atoms with Crippen molar-refractivity contribution in [3.8, 4) is 0 Å². The minimum absolute atomic E-state index is 0. The molecule has 4 nitrogen and oxygen atoms in total. The van der Waals surface area contributed by atoms with Crippen LogP contribution < -0.4 is 5.32 Å². The van der Waals surface area contributed by atoms with Gasteiger partial charge in [0.1, 0.15) is 0 Å². The third-order valence-electron chi connectivity index (χ3n) is 3.83. The van der Waals surface area contributed by atoms with E-state index in [2.05, 4.69) is 45.3 Å². The van der Waals surface area contributed by atoms with E-state index in [4.69, 9.17) is 0 Å². The number of carbonyl (C=O) groups excluding carboxylic acids is 1. The maximum Gasteiger partial charge on any atom is 0.306 e. The predicted octanol–water partition coefficient (Wildman–Crippen LogP) is 2.65. The number of esters is 1. The Bertz CT molecular complexity index is 410. The van der Waals surface area contributed by atoms with Gasteiger partial charge in [-0.3, -0.25) is 9.69 Å². The molecule has 2 rings (SSSR count). The lowest BCUT2D eigenvalue weighted by molar-refractivity contribution is -0.140. The van der Waals surface area contributed by atoms with Crippen LogP contribution >= 0.6 is 24.8 Å². The number of hydrogen-bond acceptors (Lipinski definition) is 4. The topological polar surface area (TPSA) is 41.6 Å². The van der Waals surface area contributed by atoms with Crippen molar-refractivity contribution in [2.75, 3.05) is 26.7 Å². The number of nitrogens with zero attached hydrogens (tertiary/aromatic N) is 1. The van der Waals surface area contributed by atoms with E-state index in [1.165, 1.54) is 12.7 Å². The average Bonchev–Trinajstić information content (AvgIpc) is 2.50. The number of hydrogen-bond donors (Lipinski definition) is 1. The molecule has 22 heavy (non-hydrogen) atoms. The Morgan fingerprint density at radius 3 is 2.45 bits per heavy atom. The minimum atomic E-state index is -0.140. The smallest absolute Gasteiger partial charge is 0.306 e. The summed E-state index contributed by atoms with van der Waals surface area (Å²) in [6, 6.07) is 11.1. The Morgan fingerprint density at radius 1 is 1.23 bits per heavy atom. The van der Waals surface area contributed by atoms with Crippen molar-refractivity contribution in [2.45, 2.75) is 31.8 Å². The molecule has 1 heterocycles. The Labute approximate surface area is 145 Å². The molecule has 0 radical (unpaired) electrons. The van der Waals surface area contributed by atoms with Crippen LogP contribution in [0.2, 0.25) is 0 Å². The quantitative estimate of drug-likeness (QED) is 0.802. The van der Waals surface area contributed by atoms with E-state index < -0.39 is 0 Å². The van der Waals surface area contributed by atoms with Gasteiger partial charge in [0.15, 0.2) is 0 Å². The molecule has 6 heteroatoms. The first-order valence-electron chi connectivity index (χ1n) is 7.34. The lowest BCUT2D eigenvalue weighted by Crippen LogP contribution is -2.42. The molecule has 0 aliphatic carbocycles. The SMILES string of the molecule is COC(=O)CCNC1CCN(Cc2ccccc2)CC1.Cl.Cl. The van der Waals surface area contributed by atoms with Crippen molar-refractivity contribution in [1.82, 2.24) is 10.2 Å². The first-order valence-corrected chi connectivity index (χ1v) is 7.34. The highest BCUT2D eigenvalue weighted by atomic mass is 35.5. The number of piperidine rings is 1. The molecule has 0 saturated carbocycles. The van der Waals surface area contributed by atoms with Gasteiger partial charge in [0.05, 0.1) is 13.5 Å². The fraction of sp³-hybridized carbons (Fsp3) is 0.562. The summed E-state index contributed by atoms with van der Waals surface area (Å²) in [6.45, 7) is 3.99. The maximum absolute atomic E-state index is 11.0. The second kappa shape index (κ2) is 11.7. The van der Waals surface area contributed by atoms with Crippen molar-refractivity contribution in [1.29, 1.82) is 0 Å². The van der Waals surface area contributed by atoms with Gasteiger partial charge in [-0.2, -0.15) is 0 Å². The fourth-order valence-corrected chi connectivity index (χ4v) is 2.62. The number of carbonyl (C=O) groups is 1. The summed E-state index contributed by atoms with van der Waals surface area (Å²) in [6.07, 6.45) is 2.75. The van der Waals surface area contributed by atoms with Crippen molar-refractivity contribution >= 4 is 30.8 Å². The molecule has 1 aliphatic rings. The molecule has 1 saturated heterocycles. The van der Waals surface area contributed by atoms with Crippen molar-refractivity contribution in [2.24, 2.45) is 0 Å². The van der Waals surface area contributed by atoms with E-state index in [9.17, 15) is 4.79 Å². The molecule has 126 valence electrons. The van der Waals surface area contributed by atoms with Crippen LogP contribution in [0.25, 0.3) is 0 Å². The van der Waals surface area contributed by atoms with Gasteiger partial charge in [-0.15, -0.1) is 24.8 Å². The van der Waals surface area contributed by atoms with Crippen LogP contribution in [0.3, 0.4) is 0 Å². The van der Waals surface area contributed by atoms with Crippen LogP contribution in [-0.4, -0.2) is 43.7 Å². The van der Waals surface area contributed by atoms with Gasteiger partial charge in [-0.05, 0) is 31.5 Å². The molecule has 0 bridgehead atoms. The molecule has 1 N–H and O–H groups in total. The lowest BCUT2D eigenvalue weighted by atomic mass is 10.0. The van der Waals surface area contributed by atoms with E-state index in [0.717, 1.165) is 39.0 Å². The zero-order valence-electron chi connectivity index (χ0n) is 13.0. The second-order valence-corrected chi connectivity index (χ2v) is 5.32. The zero-order valence-corrected chi connectivity index (χ0v) is 14.6. The van der Waals surface area contributed by atoms with E-state index in [-0.39, 0.29) is 30.8 Å². The summed E-state index contributed by atoms with van der Waals surface area (Å²) in [5.41, 5.74) is 1.38. The Morgan fingerprint density at radius 2 is 1.86 bits per heavy atom. The highest BCUT2D eigenvalue weighted by Gasteiger charge is 2.18. The summed E-state index contributed by atoms with van der Waals surface area (Å²) in [4.78, 5) is 13.5. The largest absolute Gasteiger partial charge is 0.469 e. The molecule has 1 aromatic carbocycles. The molecule has 1 aliphatic heterocycles. The standard InChI is InChI=1S/C16H24N2O2.2ClH/c1-20-16(19)7-10-17-15-8-11-18(12-9-15)13-14-5-3-2-4-6-14;;/h2-6,15,17H,7-13H2,1H3;2*1H. The van der Waals surface area contributed by atoms with Gasteiger partial charge in [-0.25, -0.2) is 0 Å². The third-order valence-corrected chi connectivity index (χ3v) is 3.83. The third kappa shape index (κ3) is 7.45. The molecule has 0 atom stereocenters. The number of rotatable bonds is 6. The molecular weight excluding hydrogens is 323 g/mol. The summed E-state index contributed by atoms with van der Waals surface area (Å²) < 4.78 is 4.64. The number of halogens is 2. The number of methoxy groups -OCH3 is 1. The van der Waals surface area contributed by atoms with E-state index in [1.807, 2.05) is 0 Å². The minimum Gasteiger partial charge on any atom is -0.469 e. The Hall–Kier alpha value is -0.810. The van der Waals surface area contributed by atoms with E-state index >= 15 is 0 Å². The molecule has 0 unspecified atom stereocenters. The Kier molecular flexibility index (Phi) is 11.3. The number of nitrogens with one attached hydrogen (secondary N) is 1. The number of ether oxygens (including phenoxy) is 1. The first kappa shape index (κ1) is 21.2. The number of likely N-dealkylation sites (tertiary alicyclic amines) is 1. The highest BCUT2D eigenvalue weighted by molar-refractivity contribution is 5.85. The number of benzene rings is 1. The van der Waals surface area contributed by atoms with Crippen molar-refractivity contribution in [3.63, 3.8) is 0 Å². The maximum atomic E-state index is 11.0. The van der Waals surface area contributed by atoms with E-state index in [1.54, 1.807) is 0 Å². The fourth-order valence-electron chi connectivity index (χ4n) is 2.62. The summed E-state index contributed by atoms with van der Waals surface area (Å²) in [5, 5.41) is 3.44. The van der Waals surface area contributed by atoms with Gasteiger partial charge in [0, 0.05) is 19.1 Å². The molecule has 0 amide bonds. The lowest BCUT2D eigenvalue weighted by Gasteiger charge is -2.32. The molecule has 0 spiro atoms. The molecule has 1 aromatic rings. The molecule has 1 fully saturated rings. The summed E-state index contributed by atoms with van der Waals surface area (Å²) in [5.74, 6) is -0.140. The normalized spacial score (nSPS) is 15.5. The van der Waals surface area contributed by atoms with Crippen LogP contribution in [0.5, 0.6) is 0 Å². The molecular formula is C16H26Cl2N2O2. The van der Waals surface area contributed by atoms with Gasteiger partial charge in [0.2, 0.25) is 0 Å². The van der Waals surface area contributed by atoms with Crippen LogP contribution in [-0.2, 0) is 16.1 Å². The van der Waals surface area contributed by atoms with Gasteiger partial charge in [-0.1, -0.05) is 30.3 Å². The van der Waals surface area contributed by atoms with Gasteiger partial charge < -0.3 is 10.1 Å². The Balaban J connectivity index is 0.00000220. The van der Waals surface area contributed by atoms with Crippen LogP contribution in [0.4, 0.5) is 0 Å². The van der Waals surface area contributed by atoms with Crippen molar-refractivity contribution in [3.05, 3.63) is 35.9 Å². The first-order chi connectivity index (χ1) is 9.78. The van der Waals surface area contributed by atoms with Crippen LogP contribution in [0, 0.1) is 0 Å². The average molecular weight is 349 g/mol. The predicted molar refractivity (Wildman–Crippen MR) is 93.9 cm³/mol. The summed E-state index contributed by atoms with van der Waals surface area (Å²) >= 11 is 0. The van der Waals surface area contributed by atoms with Gasteiger partial charge >= 0.3 is 5.97 Å².